The van der Waals surface area contributed by atoms with Crippen molar-refractivity contribution in [3.05, 3.63) is 0 Å². The lowest BCUT2D eigenvalue weighted by molar-refractivity contribution is -0.149. The molecule has 0 spiro atoms. The van der Waals surface area contributed by atoms with Crippen molar-refractivity contribution in [2.45, 2.75) is 24.9 Å². The van der Waals surface area contributed by atoms with Gasteiger partial charge in [0, 0.05) is 0 Å². The third kappa shape index (κ3) is 2.66. The molecule has 4 N–H and O–H groups in total. The first-order chi connectivity index (χ1) is 6.91. The van der Waals surface area contributed by atoms with Gasteiger partial charge in [0.15, 0.2) is 0 Å². The van der Waals surface area contributed by atoms with E-state index in [-0.39, 0.29) is 12.8 Å². The molecular formula is C8H11NO6. The Morgan fingerprint density at radius 3 is 1.53 bits per heavy atom. The van der Waals surface area contributed by atoms with E-state index in [1.807, 2.05) is 0 Å². The maximum Gasteiger partial charge on any atom is 0.320 e. The van der Waals surface area contributed by atoms with Crippen molar-refractivity contribution in [3.63, 3.8) is 0 Å². The topological polar surface area (TPSA) is 124 Å². The van der Waals surface area contributed by atoms with Crippen LogP contribution in [0.2, 0.25) is 0 Å². The van der Waals surface area contributed by atoms with Crippen LogP contribution in [0.25, 0.3) is 0 Å². The lowest BCUT2D eigenvalue weighted by atomic mass is 9.88. The molecule has 1 rings (SSSR count). The molecule has 0 radical (unpaired) electrons. The van der Waals surface area contributed by atoms with Crippen molar-refractivity contribution >= 4 is 17.9 Å². The number of aliphatic carboxylic acids is 3. The van der Waals surface area contributed by atoms with Gasteiger partial charge in [-0.1, -0.05) is 0 Å². The molecule has 2 unspecified atom stereocenters. The third-order valence-corrected chi connectivity index (χ3v) is 2.39. The van der Waals surface area contributed by atoms with Crippen molar-refractivity contribution in [1.82, 2.24) is 5.32 Å². The largest absolute Gasteiger partial charge is 0.481 e. The van der Waals surface area contributed by atoms with Crippen LogP contribution in [0.3, 0.4) is 0 Å². The van der Waals surface area contributed by atoms with E-state index in [0.717, 1.165) is 0 Å². The van der Waals surface area contributed by atoms with Gasteiger partial charge in [0.1, 0.15) is 12.1 Å². The molecule has 84 valence electrons. The highest BCUT2D eigenvalue weighted by molar-refractivity contribution is 5.81. The number of nitrogens with one attached hydrogen (secondary N) is 1. The van der Waals surface area contributed by atoms with E-state index in [0.29, 0.717) is 0 Å². The first-order valence-electron chi connectivity index (χ1n) is 4.36. The number of carbonyl (C=O) groups is 3. The van der Waals surface area contributed by atoms with Crippen LogP contribution in [0, 0.1) is 5.92 Å². The SMILES string of the molecule is O=C(O)C1CC(C(=O)O)NC(C(=O)O)C1. The summed E-state index contributed by atoms with van der Waals surface area (Å²) in [5, 5.41) is 28.5. The molecule has 0 saturated carbocycles. The minimum absolute atomic E-state index is 0.0888. The molecule has 7 heteroatoms. The maximum atomic E-state index is 10.7. The standard InChI is InChI=1S/C8H11NO6/c10-6(11)3-1-4(7(12)13)9-5(2-3)8(14)15/h3-5,9H,1-2H2,(H,10,11)(H,12,13)(H,14,15). The average Bonchev–Trinajstić information content (AvgIpc) is 2.16. The normalized spacial score (nSPS) is 30.8. The summed E-state index contributed by atoms with van der Waals surface area (Å²) in [4.78, 5) is 32.0. The van der Waals surface area contributed by atoms with E-state index >= 15 is 0 Å². The Morgan fingerprint density at radius 2 is 1.27 bits per heavy atom. The fourth-order valence-corrected chi connectivity index (χ4v) is 1.59. The monoisotopic (exact) mass is 217 g/mol. The molecule has 15 heavy (non-hydrogen) atoms. The van der Waals surface area contributed by atoms with Crippen LogP contribution in [-0.2, 0) is 14.4 Å². The molecule has 1 heterocycles. The second-order valence-corrected chi connectivity index (χ2v) is 3.45. The van der Waals surface area contributed by atoms with E-state index in [9.17, 15) is 14.4 Å². The maximum absolute atomic E-state index is 10.7. The summed E-state index contributed by atoms with van der Waals surface area (Å²) < 4.78 is 0. The molecule has 7 nitrogen and oxygen atoms in total. The zero-order chi connectivity index (χ0) is 11.6. The number of carboxylic acid groups (broad SMARTS) is 3. The van der Waals surface area contributed by atoms with E-state index < -0.39 is 35.9 Å². The van der Waals surface area contributed by atoms with Crippen LogP contribution < -0.4 is 5.32 Å². The molecule has 0 amide bonds. The summed E-state index contributed by atoms with van der Waals surface area (Å²) in [7, 11) is 0. The van der Waals surface area contributed by atoms with Gasteiger partial charge in [-0.05, 0) is 12.8 Å². The highest BCUT2D eigenvalue weighted by atomic mass is 16.4. The highest BCUT2D eigenvalue weighted by Gasteiger charge is 2.38. The fourth-order valence-electron chi connectivity index (χ4n) is 1.59. The molecule has 1 aliphatic heterocycles. The number of piperidine rings is 1. The van der Waals surface area contributed by atoms with Crippen molar-refractivity contribution in [2.24, 2.45) is 5.92 Å². The second-order valence-electron chi connectivity index (χ2n) is 3.45. The summed E-state index contributed by atoms with van der Waals surface area (Å²) in [5.41, 5.74) is 0. The molecule has 0 aromatic carbocycles. The Labute approximate surface area is 84.7 Å². The molecule has 0 aromatic heterocycles. The Balaban J connectivity index is 2.77. The second kappa shape index (κ2) is 4.26. The van der Waals surface area contributed by atoms with Gasteiger partial charge in [0.25, 0.3) is 0 Å². The fraction of sp³-hybridized carbons (Fsp3) is 0.625. The molecular weight excluding hydrogens is 206 g/mol. The minimum Gasteiger partial charge on any atom is -0.481 e. The molecule has 1 aliphatic rings. The van der Waals surface area contributed by atoms with E-state index in [1.165, 1.54) is 0 Å². The molecule has 0 aromatic rings. The summed E-state index contributed by atoms with van der Waals surface area (Å²) in [6.07, 6.45) is -0.178. The van der Waals surface area contributed by atoms with Crippen LogP contribution in [0.15, 0.2) is 0 Å². The van der Waals surface area contributed by atoms with Gasteiger partial charge in [-0.25, -0.2) is 0 Å². The molecule has 0 bridgehead atoms. The quantitative estimate of drug-likeness (QED) is 0.476. The Bertz CT molecular complexity index is 248. The molecule has 0 aliphatic carbocycles. The summed E-state index contributed by atoms with van der Waals surface area (Å²) in [6.45, 7) is 0. The lowest BCUT2D eigenvalue weighted by Crippen LogP contribution is -2.53. The van der Waals surface area contributed by atoms with Gasteiger partial charge in [0.05, 0.1) is 5.92 Å². The molecule has 2 atom stereocenters. The van der Waals surface area contributed by atoms with Gasteiger partial charge < -0.3 is 15.3 Å². The number of hydrogen-bond donors (Lipinski definition) is 4. The number of hydrogen-bond acceptors (Lipinski definition) is 4. The van der Waals surface area contributed by atoms with Crippen molar-refractivity contribution in [2.75, 3.05) is 0 Å². The Hall–Kier alpha value is -1.63. The average molecular weight is 217 g/mol. The highest BCUT2D eigenvalue weighted by Crippen LogP contribution is 2.21. The van der Waals surface area contributed by atoms with Crippen LogP contribution in [0.4, 0.5) is 0 Å². The zero-order valence-electron chi connectivity index (χ0n) is 7.71. The predicted octanol–water partition coefficient (Wildman–Crippen LogP) is -1.02. The minimum atomic E-state index is -1.23. The molecule has 1 fully saturated rings. The van der Waals surface area contributed by atoms with Gasteiger partial charge >= 0.3 is 17.9 Å². The summed E-state index contributed by atoms with van der Waals surface area (Å²) in [5.74, 6) is -4.54. The first kappa shape index (κ1) is 11.4. The van der Waals surface area contributed by atoms with Crippen LogP contribution in [0.1, 0.15) is 12.8 Å². The summed E-state index contributed by atoms with van der Waals surface area (Å²) >= 11 is 0. The predicted molar refractivity (Wildman–Crippen MR) is 46.3 cm³/mol. The van der Waals surface area contributed by atoms with Gasteiger partial charge in [0.2, 0.25) is 0 Å². The van der Waals surface area contributed by atoms with Gasteiger partial charge in [-0.2, -0.15) is 0 Å². The summed E-state index contributed by atoms with van der Waals surface area (Å²) in [6, 6.07) is -2.22. The van der Waals surface area contributed by atoms with Crippen molar-refractivity contribution < 1.29 is 29.7 Å². The van der Waals surface area contributed by atoms with Crippen LogP contribution in [0.5, 0.6) is 0 Å². The van der Waals surface area contributed by atoms with E-state index in [2.05, 4.69) is 5.32 Å². The Morgan fingerprint density at radius 1 is 0.867 bits per heavy atom. The van der Waals surface area contributed by atoms with Crippen LogP contribution in [-0.4, -0.2) is 45.3 Å². The number of rotatable bonds is 3. The van der Waals surface area contributed by atoms with Gasteiger partial charge in [-0.3, -0.25) is 19.7 Å². The lowest BCUT2D eigenvalue weighted by Gasteiger charge is -2.29. The smallest absolute Gasteiger partial charge is 0.320 e. The first-order valence-corrected chi connectivity index (χ1v) is 4.36. The van der Waals surface area contributed by atoms with Gasteiger partial charge in [-0.15, -0.1) is 0 Å². The van der Waals surface area contributed by atoms with E-state index in [1.54, 1.807) is 0 Å². The number of carboxylic acids is 3. The van der Waals surface area contributed by atoms with Crippen molar-refractivity contribution in [1.29, 1.82) is 0 Å². The zero-order valence-corrected chi connectivity index (χ0v) is 7.71. The van der Waals surface area contributed by atoms with Crippen LogP contribution >= 0.6 is 0 Å². The van der Waals surface area contributed by atoms with Crippen molar-refractivity contribution in [3.8, 4) is 0 Å². The van der Waals surface area contributed by atoms with E-state index in [4.69, 9.17) is 15.3 Å². The molecule has 1 saturated heterocycles. The Kier molecular flexibility index (Phi) is 3.25. The third-order valence-electron chi connectivity index (χ3n) is 2.39.